The van der Waals surface area contributed by atoms with Gasteiger partial charge in [-0.25, -0.2) is 0 Å². The van der Waals surface area contributed by atoms with Gasteiger partial charge in [-0.05, 0) is 12.1 Å². The van der Waals surface area contributed by atoms with Gasteiger partial charge in [-0.15, -0.1) is 0 Å². The number of benzene rings is 2. The second kappa shape index (κ2) is 8.18. The molecule has 0 radical (unpaired) electrons. The molecule has 2 aromatic rings. The van der Waals surface area contributed by atoms with Gasteiger partial charge in [0.1, 0.15) is 12.3 Å². The summed E-state index contributed by atoms with van der Waals surface area (Å²) in [6, 6.07) is 10.2. The fourth-order valence-corrected chi connectivity index (χ4v) is 2.98. The lowest BCUT2D eigenvalue weighted by Crippen LogP contribution is -2.37. The zero-order valence-corrected chi connectivity index (χ0v) is 15.7. The Kier molecular flexibility index (Phi) is 5.71. The first-order chi connectivity index (χ1) is 13.0. The normalized spacial score (nSPS) is 13.3. The van der Waals surface area contributed by atoms with Gasteiger partial charge in [0, 0.05) is 12.1 Å². The molecule has 0 unspecified atom stereocenters. The molecular formula is C19H19ClN2O5. The van der Waals surface area contributed by atoms with Gasteiger partial charge in [0.05, 0.1) is 43.6 Å². The van der Waals surface area contributed by atoms with E-state index in [0.717, 1.165) is 0 Å². The monoisotopic (exact) mass is 390 g/mol. The molecule has 0 spiro atoms. The molecule has 0 saturated heterocycles. The molecular weight excluding hydrogens is 372 g/mol. The third kappa shape index (κ3) is 4.09. The molecule has 2 aromatic carbocycles. The molecule has 0 atom stereocenters. The van der Waals surface area contributed by atoms with Crippen LogP contribution < -0.4 is 24.4 Å². The second-order valence-corrected chi connectivity index (χ2v) is 6.19. The van der Waals surface area contributed by atoms with E-state index in [1.807, 2.05) is 6.07 Å². The van der Waals surface area contributed by atoms with Crippen LogP contribution in [0, 0.1) is 0 Å². The van der Waals surface area contributed by atoms with Crippen LogP contribution in [-0.4, -0.2) is 39.2 Å². The number of rotatable bonds is 5. The predicted octanol–water partition coefficient (Wildman–Crippen LogP) is 3.11. The molecule has 3 rings (SSSR count). The minimum Gasteiger partial charge on any atom is -0.493 e. The standard InChI is InChI=1S/C19H19ClN2O5/c1-25-16-9-12(20)13(10-17(16)26-2)21-18(23)11-22-14-5-3-4-6-15(14)27-8-7-19(22)24/h3-6,9-10H,7-8,11H2,1-2H3,(H,21,23). The van der Waals surface area contributed by atoms with Crippen LogP contribution in [0.25, 0.3) is 0 Å². The summed E-state index contributed by atoms with van der Waals surface area (Å²) in [6.45, 7) is 0.110. The molecule has 0 aliphatic carbocycles. The van der Waals surface area contributed by atoms with Crippen molar-refractivity contribution in [2.45, 2.75) is 6.42 Å². The van der Waals surface area contributed by atoms with E-state index in [1.165, 1.54) is 19.1 Å². The Morgan fingerprint density at radius 2 is 1.93 bits per heavy atom. The number of amides is 2. The number of anilines is 2. The molecule has 8 heteroatoms. The van der Waals surface area contributed by atoms with Crippen molar-refractivity contribution in [3.8, 4) is 17.2 Å². The van der Waals surface area contributed by atoms with Crippen molar-refractivity contribution in [3.63, 3.8) is 0 Å². The Morgan fingerprint density at radius 1 is 1.22 bits per heavy atom. The maximum atomic E-state index is 12.6. The molecule has 0 fully saturated rings. The maximum absolute atomic E-state index is 12.6. The van der Waals surface area contributed by atoms with Crippen LogP contribution >= 0.6 is 11.6 Å². The van der Waals surface area contributed by atoms with Gasteiger partial charge in [0.2, 0.25) is 11.8 Å². The third-order valence-corrected chi connectivity index (χ3v) is 4.39. The number of nitrogens with zero attached hydrogens (tertiary/aromatic N) is 1. The van der Waals surface area contributed by atoms with Gasteiger partial charge in [0.25, 0.3) is 0 Å². The molecule has 0 saturated carbocycles. The molecule has 27 heavy (non-hydrogen) atoms. The number of hydrogen-bond acceptors (Lipinski definition) is 5. The van der Waals surface area contributed by atoms with E-state index in [9.17, 15) is 9.59 Å². The minimum atomic E-state index is -0.394. The first-order valence-corrected chi connectivity index (χ1v) is 8.65. The van der Waals surface area contributed by atoms with Crippen LogP contribution in [0.5, 0.6) is 17.2 Å². The fourth-order valence-electron chi connectivity index (χ4n) is 2.78. The zero-order chi connectivity index (χ0) is 19.4. The molecule has 0 bridgehead atoms. The summed E-state index contributed by atoms with van der Waals surface area (Å²) in [5, 5.41) is 3.01. The van der Waals surface area contributed by atoms with Crippen LogP contribution in [0.4, 0.5) is 11.4 Å². The zero-order valence-electron chi connectivity index (χ0n) is 15.0. The number of carbonyl (C=O) groups is 2. The van der Waals surface area contributed by atoms with Gasteiger partial charge in [-0.1, -0.05) is 23.7 Å². The van der Waals surface area contributed by atoms with E-state index in [1.54, 1.807) is 30.3 Å². The highest BCUT2D eigenvalue weighted by Gasteiger charge is 2.25. The topological polar surface area (TPSA) is 77.1 Å². The van der Waals surface area contributed by atoms with Crippen molar-refractivity contribution < 1.29 is 23.8 Å². The molecule has 1 aliphatic heterocycles. The summed E-state index contributed by atoms with van der Waals surface area (Å²) in [5.74, 6) is 0.874. The van der Waals surface area contributed by atoms with E-state index in [4.69, 9.17) is 25.8 Å². The Labute approximate surface area is 161 Å². The number of methoxy groups -OCH3 is 2. The average Bonchev–Trinajstić information content (AvgIpc) is 2.82. The van der Waals surface area contributed by atoms with E-state index >= 15 is 0 Å². The number of nitrogens with one attached hydrogen (secondary N) is 1. The Morgan fingerprint density at radius 3 is 2.67 bits per heavy atom. The number of fused-ring (bicyclic) bond motifs is 1. The van der Waals surface area contributed by atoms with E-state index in [2.05, 4.69) is 5.32 Å². The summed E-state index contributed by atoms with van der Waals surface area (Å²) in [5.41, 5.74) is 0.930. The van der Waals surface area contributed by atoms with Crippen LogP contribution in [0.2, 0.25) is 5.02 Å². The molecule has 2 amide bonds. The van der Waals surface area contributed by atoms with Crippen molar-refractivity contribution in [1.82, 2.24) is 0 Å². The Bertz CT molecular complexity index is 871. The SMILES string of the molecule is COc1cc(Cl)c(NC(=O)CN2C(=O)CCOc3ccccc32)cc1OC. The molecule has 1 aliphatic rings. The van der Waals surface area contributed by atoms with Crippen molar-refractivity contribution in [3.05, 3.63) is 41.4 Å². The average molecular weight is 391 g/mol. The number of carbonyl (C=O) groups excluding carboxylic acids is 2. The lowest BCUT2D eigenvalue weighted by molar-refractivity contribution is -0.121. The number of ether oxygens (including phenoxy) is 3. The summed E-state index contributed by atoms with van der Waals surface area (Å²) in [6.07, 6.45) is 0.194. The van der Waals surface area contributed by atoms with Crippen molar-refractivity contribution >= 4 is 34.8 Å². The highest BCUT2D eigenvalue weighted by Crippen LogP contribution is 2.36. The molecule has 1 N–H and O–H groups in total. The molecule has 1 heterocycles. The van der Waals surface area contributed by atoms with Crippen LogP contribution in [-0.2, 0) is 9.59 Å². The second-order valence-electron chi connectivity index (χ2n) is 5.78. The van der Waals surface area contributed by atoms with Crippen LogP contribution in [0.3, 0.4) is 0 Å². The fraction of sp³-hybridized carbons (Fsp3) is 0.263. The van der Waals surface area contributed by atoms with Crippen molar-refractivity contribution in [2.75, 3.05) is 37.6 Å². The van der Waals surface area contributed by atoms with Gasteiger partial charge in [-0.2, -0.15) is 0 Å². The van der Waals surface area contributed by atoms with E-state index < -0.39 is 5.91 Å². The largest absolute Gasteiger partial charge is 0.493 e. The quantitative estimate of drug-likeness (QED) is 0.848. The predicted molar refractivity (Wildman–Crippen MR) is 102 cm³/mol. The summed E-state index contributed by atoms with van der Waals surface area (Å²) < 4.78 is 16.0. The lowest BCUT2D eigenvalue weighted by atomic mass is 10.2. The van der Waals surface area contributed by atoms with Crippen molar-refractivity contribution in [2.24, 2.45) is 0 Å². The first kappa shape index (κ1) is 18.8. The highest BCUT2D eigenvalue weighted by molar-refractivity contribution is 6.34. The minimum absolute atomic E-state index is 0.163. The van der Waals surface area contributed by atoms with Gasteiger partial charge in [0.15, 0.2) is 11.5 Å². The van der Waals surface area contributed by atoms with Crippen molar-refractivity contribution in [1.29, 1.82) is 0 Å². The third-order valence-electron chi connectivity index (χ3n) is 4.08. The smallest absolute Gasteiger partial charge is 0.244 e. The molecule has 7 nitrogen and oxygen atoms in total. The van der Waals surface area contributed by atoms with E-state index in [0.29, 0.717) is 33.6 Å². The van der Waals surface area contributed by atoms with Gasteiger partial charge >= 0.3 is 0 Å². The van der Waals surface area contributed by atoms with E-state index in [-0.39, 0.29) is 25.5 Å². The van der Waals surface area contributed by atoms with Crippen LogP contribution in [0.15, 0.2) is 36.4 Å². The first-order valence-electron chi connectivity index (χ1n) is 8.27. The summed E-state index contributed by atoms with van der Waals surface area (Å²) in [4.78, 5) is 26.4. The molecule has 142 valence electrons. The highest BCUT2D eigenvalue weighted by atomic mass is 35.5. The van der Waals surface area contributed by atoms with Gasteiger partial charge < -0.3 is 19.5 Å². The summed E-state index contributed by atoms with van der Waals surface area (Å²) in [7, 11) is 2.99. The summed E-state index contributed by atoms with van der Waals surface area (Å²) >= 11 is 6.21. The lowest BCUT2D eigenvalue weighted by Gasteiger charge is -2.21. The number of hydrogen-bond donors (Lipinski definition) is 1. The maximum Gasteiger partial charge on any atom is 0.244 e. The van der Waals surface area contributed by atoms with Gasteiger partial charge in [-0.3, -0.25) is 14.5 Å². The Hall–Kier alpha value is -2.93. The molecule has 0 aromatic heterocycles. The van der Waals surface area contributed by atoms with Crippen LogP contribution in [0.1, 0.15) is 6.42 Å². The number of halogens is 1. The number of para-hydroxylation sites is 2. The Balaban J connectivity index is 1.81.